The Hall–Kier alpha value is -1.77. The number of hydrogen-bond acceptors (Lipinski definition) is 3. The lowest BCUT2D eigenvalue weighted by molar-refractivity contribution is 0.475. The lowest BCUT2D eigenvalue weighted by atomic mass is 10.1. The number of rotatable bonds is 1. The maximum absolute atomic E-state index is 9.20. The molecule has 3 heteroatoms. The van der Waals surface area contributed by atoms with Crippen molar-refractivity contribution in [1.82, 2.24) is 0 Å². The van der Waals surface area contributed by atoms with E-state index >= 15 is 0 Å². The van der Waals surface area contributed by atoms with Crippen LogP contribution in [0.15, 0.2) is 24.3 Å². The fourth-order valence-electron chi connectivity index (χ4n) is 1.35. The molecule has 0 aromatic heterocycles. The molecule has 0 radical (unpaired) electrons. The van der Waals surface area contributed by atoms with E-state index in [0.29, 0.717) is 0 Å². The highest BCUT2D eigenvalue weighted by atomic mass is 16.3. The van der Waals surface area contributed by atoms with Crippen molar-refractivity contribution in [3.8, 4) is 5.75 Å². The molecule has 1 unspecified atom stereocenters. The molecule has 2 rings (SSSR count). The van der Waals surface area contributed by atoms with Gasteiger partial charge in [0.1, 0.15) is 5.75 Å². The van der Waals surface area contributed by atoms with Gasteiger partial charge in [-0.2, -0.15) is 0 Å². The van der Waals surface area contributed by atoms with Crippen molar-refractivity contribution in [2.24, 2.45) is 0 Å². The normalized spacial score (nSPS) is 18.9. The molecule has 66 valence electrons. The minimum Gasteiger partial charge on any atom is -0.508 e. The maximum Gasteiger partial charge on any atom is 0.116 e. The van der Waals surface area contributed by atoms with Crippen molar-refractivity contribution in [1.29, 1.82) is 5.41 Å². The Morgan fingerprint density at radius 2 is 2.31 bits per heavy atom. The lowest BCUT2D eigenvalue weighted by Crippen LogP contribution is -2.20. The Kier molecular flexibility index (Phi) is 1.77. The van der Waals surface area contributed by atoms with Crippen LogP contribution in [-0.4, -0.2) is 17.4 Å². The van der Waals surface area contributed by atoms with Crippen molar-refractivity contribution >= 4 is 18.0 Å². The second-order valence-electron chi connectivity index (χ2n) is 2.97. The van der Waals surface area contributed by atoms with Crippen LogP contribution in [-0.2, 0) is 0 Å². The van der Waals surface area contributed by atoms with Gasteiger partial charge in [0.05, 0.1) is 6.04 Å². The largest absolute Gasteiger partial charge is 0.508 e. The Bertz CT molecular complexity index is 371. The minimum absolute atomic E-state index is 0.0305. The number of nitrogens with one attached hydrogen (secondary N) is 2. The summed E-state index contributed by atoms with van der Waals surface area (Å²) in [6, 6.07) is 5.10. The summed E-state index contributed by atoms with van der Waals surface area (Å²) < 4.78 is 0. The predicted octanol–water partition coefficient (Wildman–Crippen LogP) is 1.85. The van der Waals surface area contributed by atoms with Crippen molar-refractivity contribution in [3.05, 3.63) is 29.8 Å². The molecule has 0 saturated carbocycles. The lowest BCUT2D eigenvalue weighted by Gasteiger charge is -2.18. The Balaban J connectivity index is 2.40. The van der Waals surface area contributed by atoms with Gasteiger partial charge in [-0.05, 0) is 18.2 Å². The molecular weight excluding hydrogens is 164 g/mol. The second kappa shape index (κ2) is 2.94. The zero-order valence-electron chi connectivity index (χ0n) is 6.99. The number of anilines is 1. The summed E-state index contributed by atoms with van der Waals surface area (Å²) in [6.45, 7) is 0. The van der Waals surface area contributed by atoms with Crippen LogP contribution in [0.4, 0.5) is 5.69 Å². The summed E-state index contributed by atoms with van der Waals surface area (Å²) in [6.07, 6.45) is 5.13. The van der Waals surface area contributed by atoms with Crippen LogP contribution in [0.3, 0.4) is 0 Å². The van der Waals surface area contributed by atoms with Crippen LogP contribution in [0.25, 0.3) is 6.08 Å². The summed E-state index contributed by atoms with van der Waals surface area (Å²) in [5.74, 6) is 0.263. The standard InChI is InChI=1S/C10H10N2O/c11-6-8-2-1-7-5-9(13)3-4-10(7)12-8/h1-6,8,11-13H. The van der Waals surface area contributed by atoms with Gasteiger partial charge in [-0.25, -0.2) is 0 Å². The van der Waals surface area contributed by atoms with Gasteiger partial charge in [0.15, 0.2) is 0 Å². The number of phenolic OH excluding ortho intramolecular Hbond substituents is 1. The SMILES string of the molecule is N=CC1C=Cc2cc(O)ccc2N1. The van der Waals surface area contributed by atoms with Crippen molar-refractivity contribution < 1.29 is 5.11 Å². The zero-order chi connectivity index (χ0) is 9.26. The van der Waals surface area contributed by atoms with Gasteiger partial charge < -0.3 is 15.8 Å². The van der Waals surface area contributed by atoms with Crippen molar-refractivity contribution in [3.63, 3.8) is 0 Å². The highest BCUT2D eigenvalue weighted by molar-refractivity contribution is 5.80. The summed E-state index contributed by atoms with van der Waals surface area (Å²) in [4.78, 5) is 0. The smallest absolute Gasteiger partial charge is 0.116 e. The zero-order valence-corrected chi connectivity index (χ0v) is 6.99. The third-order valence-electron chi connectivity index (χ3n) is 2.02. The van der Waals surface area contributed by atoms with Gasteiger partial charge in [0.25, 0.3) is 0 Å². The fourth-order valence-corrected chi connectivity index (χ4v) is 1.35. The van der Waals surface area contributed by atoms with Crippen molar-refractivity contribution in [2.45, 2.75) is 6.04 Å². The molecule has 0 spiro atoms. The van der Waals surface area contributed by atoms with E-state index in [4.69, 9.17) is 5.41 Å². The molecule has 1 aliphatic heterocycles. The number of hydrogen-bond donors (Lipinski definition) is 3. The molecule has 13 heavy (non-hydrogen) atoms. The first kappa shape index (κ1) is 7.86. The Labute approximate surface area is 76.2 Å². The van der Waals surface area contributed by atoms with Gasteiger partial charge in [0, 0.05) is 17.5 Å². The highest BCUT2D eigenvalue weighted by Gasteiger charge is 2.09. The van der Waals surface area contributed by atoms with E-state index in [0.717, 1.165) is 11.3 Å². The van der Waals surface area contributed by atoms with Gasteiger partial charge in [0.2, 0.25) is 0 Å². The Morgan fingerprint density at radius 3 is 3.08 bits per heavy atom. The van der Waals surface area contributed by atoms with Crippen LogP contribution in [0.2, 0.25) is 0 Å². The summed E-state index contributed by atoms with van der Waals surface area (Å²) in [5, 5.41) is 19.4. The highest BCUT2D eigenvalue weighted by Crippen LogP contribution is 2.26. The fraction of sp³-hybridized carbons (Fsp3) is 0.100. The number of phenols is 1. The monoisotopic (exact) mass is 174 g/mol. The molecule has 1 aromatic rings. The summed E-state index contributed by atoms with van der Waals surface area (Å²) in [5.41, 5.74) is 1.91. The van der Waals surface area contributed by atoms with E-state index in [1.54, 1.807) is 12.1 Å². The van der Waals surface area contributed by atoms with E-state index in [-0.39, 0.29) is 11.8 Å². The van der Waals surface area contributed by atoms with Crippen LogP contribution in [0, 0.1) is 5.41 Å². The van der Waals surface area contributed by atoms with Gasteiger partial charge in [-0.15, -0.1) is 0 Å². The molecule has 0 aliphatic carbocycles. The quantitative estimate of drug-likeness (QED) is 0.449. The van der Waals surface area contributed by atoms with E-state index < -0.39 is 0 Å². The molecule has 1 atom stereocenters. The predicted molar refractivity (Wildman–Crippen MR) is 53.3 cm³/mol. The number of aromatic hydroxyl groups is 1. The van der Waals surface area contributed by atoms with Gasteiger partial charge >= 0.3 is 0 Å². The molecule has 0 fully saturated rings. The van der Waals surface area contributed by atoms with E-state index in [1.165, 1.54) is 6.21 Å². The van der Waals surface area contributed by atoms with Crippen molar-refractivity contribution in [2.75, 3.05) is 5.32 Å². The molecule has 0 bridgehead atoms. The molecule has 0 saturated heterocycles. The van der Waals surface area contributed by atoms with E-state index in [9.17, 15) is 5.11 Å². The van der Waals surface area contributed by atoms with Crippen LogP contribution < -0.4 is 5.32 Å². The molecule has 0 amide bonds. The molecule has 3 nitrogen and oxygen atoms in total. The summed E-state index contributed by atoms with van der Waals surface area (Å²) >= 11 is 0. The molecule has 1 heterocycles. The van der Waals surface area contributed by atoms with Crippen LogP contribution in [0.5, 0.6) is 5.75 Å². The third-order valence-corrected chi connectivity index (χ3v) is 2.02. The van der Waals surface area contributed by atoms with Gasteiger partial charge in [-0.3, -0.25) is 0 Å². The average molecular weight is 174 g/mol. The molecule has 1 aliphatic rings. The minimum atomic E-state index is -0.0305. The molecular formula is C10H10N2O. The first-order valence-corrected chi connectivity index (χ1v) is 4.08. The third kappa shape index (κ3) is 1.40. The number of fused-ring (bicyclic) bond motifs is 1. The topological polar surface area (TPSA) is 56.1 Å². The second-order valence-corrected chi connectivity index (χ2v) is 2.97. The van der Waals surface area contributed by atoms with E-state index in [2.05, 4.69) is 5.32 Å². The first-order valence-electron chi connectivity index (χ1n) is 4.08. The first-order chi connectivity index (χ1) is 6.29. The maximum atomic E-state index is 9.20. The molecule has 1 aromatic carbocycles. The van der Waals surface area contributed by atoms with Crippen LogP contribution in [0.1, 0.15) is 5.56 Å². The Morgan fingerprint density at radius 1 is 1.46 bits per heavy atom. The molecule has 3 N–H and O–H groups in total. The number of benzene rings is 1. The van der Waals surface area contributed by atoms with E-state index in [1.807, 2.05) is 18.2 Å². The van der Waals surface area contributed by atoms with Crippen LogP contribution >= 0.6 is 0 Å². The summed E-state index contributed by atoms with van der Waals surface area (Å²) in [7, 11) is 0. The van der Waals surface area contributed by atoms with Gasteiger partial charge in [-0.1, -0.05) is 12.2 Å². The average Bonchev–Trinajstić information content (AvgIpc) is 2.17.